The van der Waals surface area contributed by atoms with Gasteiger partial charge in [-0.15, -0.1) is 0 Å². The van der Waals surface area contributed by atoms with Gasteiger partial charge < -0.3 is 20.1 Å². The molecule has 0 aliphatic rings. The first kappa shape index (κ1) is 23.6. The number of hydrogen-bond donors (Lipinski definition) is 4. The molecule has 0 heterocycles. The van der Waals surface area contributed by atoms with E-state index in [1.807, 2.05) is 24.3 Å². The molecule has 1 atom stereocenters. The highest BCUT2D eigenvalue weighted by atomic mass is 127. The third-order valence-corrected chi connectivity index (χ3v) is 4.88. The fourth-order valence-corrected chi connectivity index (χ4v) is 3.04. The van der Waals surface area contributed by atoms with Gasteiger partial charge in [-0.2, -0.15) is 4.57 Å². The molecule has 0 aromatic heterocycles. The standard InChI is InChI=1S/C17H27INO6P/c1-14(18)4-2-3-11-24-16-7-5-15(6-8-16)9-10-17(19,12-20)13-25-26(21,22)23/h5-8,20H,1-4,9-13,19H2,(H2,21,22,23)/p+1. The van der Waals surface area contributed by atoms with Crippen LogP contribution in [0, 0.1) is 0 Å². The van der Waals surface area contributed by atoms with Crippen molar-refractivity contribution in [3.63, 3.8) is 0 Å². The van der Waals surface area contributed by atoms with Crippen LogP contribution < -0.4 is 10.5 Å². The third-order valence-electron chi connectivity index (χ3n) is 3.83. The van der Waals surface area contributed by atoms with E-state index in [0.717, 1.165) is 34.2 Å². The molecule has 0 aliphatic carbocycles. The zero-order valence-electron chi connectivity index (χ0n) is 14.7. The van der Waals surface area contributed by atoms with Gasteiger partial charge in [0.05, 0.1) is 13.2 Å². The maximum atomic E-state index is 10.8. The van der Waals surface area contributed by atoms with Gasteiger partial charge in [0.2, 0.25) is 0 Å². The molecule has 7 nitrogen and oxygen atoms in total. The van der Waals surface area contributed by atoms with Crippen molar-refractivity contribution in [3.05, 3.63) is 40.0 Å². The van der Waals surface area contributed by atoms with E-state index in [2.05, 4.69) is 33.7 Å². The van der Waals surface area contributed by atoms with Gasteiger partial charge in [-0.05, 0) is 76.0 Å². The van der Waals surface area contributed by atoms with Crippen molar-refractivity contribution in [3.8, 4) is 5.75 Å². The van der Waals surface area contributed by atoms with Crippen LogP contribution in [0.3, 0.4) is 0 Å². The van der Waals surface area contributed by atoms with Crippen LogP contribution in [0.15, 0.2) is 34.4 Å². The van der Waals surface area contributed by atoms with Crippen LogP contribution in [0.4, 0.5) is 0 Å². The Morgan fingerprint density at radius 2 is 1.96 bits per heavy atom. The Hall–Kier alpha value is -0.480. The quantitative estimate of drug-likeness (QED) is 0.143. The van der Waals surface area contributed by atoms with E-state index >= 15 is 0 Å². The van der Waals surface area contributed by atoms with Gasteiger partial charge in [-0.1, -0.05) is 18.7 Å². The van der Waals surface area contributed by atoms with Gasteiger partial charge in [0, 0.05) is 0 Å². The summed E-state index contributed by atoms with van der Waals surface area (Å²) >= 11 is 2.23. The minimum Gasteiger partial charge on any atom is -0.494 e. The Labute approximate surface area is 168 Å². The first-order chi connectivity index (χ1) is 12.1. The van der Waals surface area contributed by atoms with E-state index in [1.54, 1.807) is 0 Å². The Morgan fingerprint density at radius 1 is 1.31 bits per heavy atom. The number of ether oxygens (including phenoxy) is 1. The normalized spacial score (nSPS) is 14.0. The number of hydrogen-bond acceptors (Lipinski definition) is 4. The number of unbranched alkanes of at least 4 members (excludes halogenated alkanes) is 1. The number of aliphatic hydroxyl groups is 2. The van der Waals surface area contributed by atoms with Crippen molar-refractivity contribution in [2.75, 3.05) is 19.8 Å². The molecule has 26 heavy (non-hydrogen) atoms. The molecule has 0 saturated heterocycles. The van der Waals surface area contributed by atoms with Crippen molar-refractivity contribution in [2.24, 2.45) is 5.73 Å². The van der Waals surface area contributed by atoms with Crippen LogP contribution >= 0.6 is 30.4 Å². The molecule has 0 aliphatic heterocycles. The Morgan fingerprint density at radius 3 is 2.50 bits per heavy atom. The molecule has 1 aromatic carbocycles. The summed E-state index contributed by atoms with van der Waals surface area (Å²) in [6.45, 7) is 3.82. The van der Waals surface area contributed by atoms with Gasteiger partial charge in [-0.3, -0.25) is 9.79 Å². The van der Waals surface area contributed by atoms with Crippen LogP contribution in [0.25, 0.3) is 0 Å². The molecule has 9 heteroatoms. The van der Waals surface area contributed by atoms with Gasteiger partial charge >= 0.3 is 7.82 Å². The summed E-state index contributed by atoms with van der Waals surface area (Å²) < 4.78 is 20.9. The van der Waals surface area contributed by atoms with Gasteiger partial charge in [0.1, 0.15) is 11.3 Å². The Bertz CT molecular complexity index is 606. The molecule has 0 amide bonds. The van der Waals surface area contributed by atoms with E-state index in [0.29, 0.717) is 19.4 Å². The molecule has 0 spiro atoms. The van der Waals surface area contributed by atoms with Crippen molar-refractivity contribution in [1.82, 2.24) is 0 Å². The second-order valence-electron chi connectivity index (χ2n) is 6.30. The number of rotatable bonds is 13. The number of aliphatic hydroxyl groups excluding tert-OH is 1. The molecular weight excluding hydrogens is 472 g/mol. The molecular formula is C17H28INO6P+. The summed E-state index contributed by atoms with van der Waals surface area (Å²) in [5.74, 6) is 0.791. The molecule has 1 unspecified atom stereocenters. The SMILES string of the molecule is C=C(I)CCCCOc1ccc(CCC(N)(CO)C[OH+]P(=O)(O)O)cc1. The molecule has 0 radical (unpaired) electrons. The molecule has 1 rings (SSSR count). The minimum absolute atomic E-state index is 0.293. The second kappa shape index (κ2) is 11.4. The number of allylic oxidation sites excluding steroid dienone is 1. The van der Waals surface area contributed by atoms with E-state index in [-0.39, 0.29) is 6.61 Å². The Kier molecular flexibility index (Phi) is 10.3. The van der Waals surface area contributed by atoms with Crippen LogP contribution in [0.2, 0.25) is 0 Å². The van der Waals surface area contributed by atoms with Gasteiger partial charge in [-0.25, -0.2) is 0 Å². The molecule has 0 saturated carbocycles. The van der Waals surface area contributed by atoms with E-state index in [9.17, 15) is 9.67 Å². The van der Waals surface area contributed by atoms with E-state index < -0.39 is 20.0 Å². The first-order valence-corrected chi connectivity index (χ1v) is 11.0. The highest BCUT2D eigenvalue weighted by Gasteiger charge is 2.33. The van der Waals surface area contributed by atoms with Crippen molar-refractivity contribution in [1.29, 1.82) is 0 Å². The number of nitrogens with two attached hydrogens (primary N) is 1. The number of halogens is 1. The predicted octanol–water partition coefficient (Wildman–Crippen LogP) is 2.43. The smallest absolute Gasteiger partial charge is 0.494 e. The third kappa shape index (κ3) is 10.6. The molecule has 0 fully saturated rings. The molecule has 148 valence electrons. The lowest BCUT2D eigenvalue weighted by molar-refractivity contribution is 0.0135. The fraction of sp³-hybridized carbons (Fsp3) is 0.529. The first-order valence-electron chi connectivity index (χ1n) is 8.33. The zero-order valence-corrected chi connectivity index (χ0v) is 17.7. The highest BCUT2D eigenvalue weighted by molar-refractivity contribution is 14.1. The lowest BCUT2D eigenvalue weighted by atomic mass is 9.94. The average Bonchev–Trinajstić information content (AvgIpc) is 2.58. The minimum atomic E-state index is -4.49. The van der Waals surface area contributed by atoms with Crippen molar-refractivity contribution in [2.45, 2.75) is 37.6 Å². The summed E-state index contributed by atoms with van der Waals surface area (Å²) in [5, 5.41) is 9.42. The number of benzene rings is 1. The predicted molar refractivity (Wildman–Crippen MR) is 110 cm³/mol. The maximum Gasteiger partial charge on any atom is 0.629 e. The monoisotopic (exact) mass is 500 g/mol. The summed E-state index contributed by atoms with van der Waals surface area (Å²) in [4.78, 5) is 17.6. The highest BCUT2D eigenvalue weighted by Crippen LogP contribution is 2.33. The van der Waals surface area contributed by atoms with Crippen LogP contribution in [0.5, 0.6) is 5.75 Å². The molecule has 6 N–H and O–H groups in total. The van der Waals surface area contributed by atoms with E-state index in [4.69, 9.17) is 20.3 Å². The van der Waals surface area contributed by atoms with Crippen LogP contribution in [0.1, 0.15) is 31.2 Å². The molecule has 0 bridgehead atoms. The van der Waals surface area contributed by atoms with Crippen LogP contribution in [-0.2, 0) is 11.0 Å². The largest absolute Gasteiger partial charge is 0.629 e. The average molecular weight is 500 g/mol. The summed E-state index contributed by atoms with van der Waals surface area (Å²) in [6, 6.07) is 7.59. The van der Waals surface area contributed by atoms with Crippen LogP contribution in [-0.4, -0.2) is 44.8 Å². The van der Waals surface area contributed by atoms with Crippen molar-refractivity contribution >= 4 is 30.4 Å². The topological polar surface area (TPSA) is 126 Å². The fourth-order valence-electron chi connectivity index (χ4n) is 2.20. The maximum absolute atomic E-state index is 10.8. The van der Waals surface area contributed by atoms with E-state index in [1.165, 1.54) is 0 Å². The van der Waals surface area contributed by atoms with Crippen molar-refractivity contribution < 1.29 is 28.7 Å². The Balaban J connectivity index is 2.41. The second-order valence-corrected chi connectivity index (χ2v) is 9.14. The lowest BCUT2D eigenvalue weighted by Gasteiger charge is -2.24. The van der Waals surface area contributed by atoms with Gasteiger partial charge in [0.25, 0.3) is 0 Å². The van der Waals surface area contributed by atoms with Gasteiger partial charge in [0.15, 0.2) is 6.61 Å². The summed E-state index contributed by atoms with van der Waals surface area (Å²) in [6.07, 6.45) is 3.94. The summed E-state index contributed by atoms with van der Waals surface area (Å²) in [7, 11) is -4.49. The summed E-state index contributed by atoms with van der Waals surface area (Å²) in [5.41, 5.74) is 5.82. The molecule has 1 aromatic rings. The zero-order chi connectivity index (χ0) is 19.6. The lowest BCUT2D eigenvalue weighted by Crippen LogP contribution is -2.49. The number of aryl methyl sites for hydroxylation is 1.